The molecule has 0 aliphatic rings. The largest absolute Gasteiger partial charge is 0.416 e. The third kappa shape index (κ3) is 2.61. The van der Waals surface area contributed by atoms with Gasteiger partial charge in [0.05, 0.1) is 5.56 Å². The lowest BCUT2D eigenvalue weighted by atomic mass is 10.2. The number of imidazole rings is 1. The van der Waals surface area contributed by atoms with Crippen LogP contribution in [-0.2, 0) is 13.2 Å². The zero-order valence-corrected chi connectivity index (χ0v) is 10.2. The zero-order chi connectivity index (χ0) is 13.3. The third-order valence-electron chi connectivity index (χ3n) is 2.32. The Morgan fingerprint density at radius 3 is 2.56 bits per heavy atom. The summed E-state index contributed by atoms with van der Waals surface area (Å²) in [7, 11) is 1.80. The van der Waals surface area contributed by atoms with Crippen LogP contribution in [0.5, 0.6) is 0 Å². The molecule has 0 aliphatic carbocycles. The van der Waals surface area contributed by atoms with E-state index in [1.807, 2.05) is 0 Å². The van der Waals surface area contributed by atoms with E-state index >= 15 is 0 Å². The molecule has 18 heavy (non-hydrogen) atoms. The minimum absolute atomic E-state index is 0.0952. The van der Waals surface area contributed by atoms with Crippen molar-refractivity contribution in [1.82, 2.24) is 9.55 Å². The molecule has 0 amide bonds. The lowest BCUT2D eigenvalue weighted by Gasteiger charge is -2.10. The van der Waals surface area contributed by atoms with E-state index < -0.39 is 11.7 Å². The van der Waals surface area contributed by atoms with E-state index in [1.54, 1.807) is 24.0 Å². The summed E-state index contributed by atoms with van der Waals surface area (Å²) in [6.45, 7) is 0. The summed E-state index contributed by atoms with van der Waals surface area (Å²) in [5, 5.41) is 0.668. The van der Waals surface area contributed by atoms with Crippen molar-refractivity contribution in [1.29, 1.82) is 0 Å². The highest BCUT2D eigenvalue weighted by atomic mass is 32.2. The van der Waals surface area contributed by atoms with E-state index in [-0.39, 0.29) is 5.69 Å². The number of hydrogen-bond donors (Lipinski definition) is 1. The second-order valence-electron chi connectivity index (χ2n) is 3.67. The van der Waals surface area contributed by atoms with E-state index in [2.05, 4.69) is 4.98 Å². The Morgan fingerprint density at radius 2 is 2.06 bits per heavy atom. The molecule has 0 aliphatic heterocycles. The average Bonchev–Trinajstić information content (AvgIpc) is 2.66. The molecule has 0 saturated heterocycles. The minimum Gasteiger partial charge on any atom is -0.398 e. The van der Waals surface area contributed by atoms with Crippen LogP contribution in [0.4, 0.5) is 18.9 Å². The first-order chi connectivity index (χ1) is 8.38. The van der Waals surface area contributed by atoms with E-state index in [4.69, 9.17) is 5.73 Å². The fourth-order valence-corrected chi connectivity index (χ4v) is 2.19. The fraction of sp³-hybridized carbons (Fsp3) is 0.182. The Labute approximate surface area is 106 Å². The Kier molecular flexibility index (Phi) is 3.25. The number of nitrogen functional groups attached to an aromatic ring is 1. The van der Waals surface area contributed by atoms with E-state index in [0.29, 0.717) is 10.1 Å². The molecular formula is C11H10F3N3S. The quantitative estimate of drug-likeness (QED) is 0.855. The summed E-state index contributed by atoms with van der Waals surface area (Å²) in [5.41, 5.74) is 4.98. The number of halogens is 3. The number of benzene rings is 1. The van der Waals surface area contributed by atoms with Gasteiger partial charge in [-0.2, -0.15) is 13.2 Å². The van der Waals surface area contributed by atoms with E-state index in [9.17, 15) is 13.2 Å². The zero-order valence-electron chi connectivity index (χ0n) is 9.40. The highest BCUT2D eigenvalue weighted by Crippen LogP contribution is 2.36. The van der Waals surface area contributed by atoms with Crippen molar-refractivity contribution in [3.8, 4) is 0 Å². The van der Waals surface area contributed by atoms with Gasteiger partial charge in [0.15, 0.2) is 5.16 Å². The molecular weight excluding hydrogens is 263 g/mol. The highest BCUT2D eigenvalue weighted by molar-refractivity contribution is 7.99. The predicted octanol–water partition coefficient (Wildman–Crippen LogP) is 3.17. The number of aromatic nitrogens is 2. The van der Waals surface area contributed by atoms with Crippen LogP contribution in [0.2, 0.25) is 0 Å². The van der Waals surface area contributed by atoms with Gasteiger partial charge in [-0.1, -0.05) is 0 Å². The van der Waals surface area contributed by atoms with Gasteiger partial charge >= 0.3 is 6.18 Å². The normalized spacial score (nSPS) is 11.8. The van der Waals surface area contributed by atoms with Gasteiger partial charge in [-0.05, 0) is 30.0 Å². The second kappa shape index (κ2) is 4.56. The molecule has 1 aromatic carbocycles. The van der Waals surface area contributed by atoms with Crippen molar-refractivity contribution in [3.63, 3.8) is 0 Å². The number of hydrogen-bond acceptors (Lipinski definition) is 3. The number of alkyl halides is 3. The number of nitrogens with zero attached hydrogens (tertiary/aromatic N) is 2. The van der Waals surface area contributed by atoms with Crippen LogP contribution >= 0.6 is 11.8 Å². The molecule has 3 nitrogen and oxygen atoms in total. The van der Waals surface area contributed by atoms with Gasteiger partial charge < -0.3 is 10.3 Å². The molecule has 96 valence electrons. The number of rotatable bonds is 2. The molecule has 0 atom stereocenters. The summed E-state index contributed by atoms with van der Waals surface area (Å²) in [4.78, 5) is 4.62. The number of anilines is 1. The minimum atomic E-state index is -4.37. The Bertz CT molecular complexity index is 563. The summed E-state index contributed by atoms with van der Waals surface area (Å²) < 4.78 is 39.2. The Morgan fingerprint density at radius 1 is 1.33 bits per heavy atom. The van der Waals surface area contributed by atoms with Gasteiger partial charge in [-0.3, -0.25) is 0 Å². The summed E-state index contributed by atoms with van der Waals surface area (Å²) in [6.07, 6.45) is -1.01. The SMILES string of the molecule is Cn1ccnc1Sc1ccc(C(F)(F)F)cc1N. The van der Waals surface area contributed by atoms with Crippen molar-refractivity contribution in [2.24, 2.45) is 7.05 Å². The molecule has 0 spiro atoms. The average molecular weight is 273 g/mol. The van der Waals surface area contributed by atoms with Crippen molar-refractivity contribution < 1.29 is 13.2 Å². The first-order valence-electron chi connectivity index (χ1n) is 5.00. The van der Waals surface area contributed by atoms with Crippen molar-refractivity contribution in [3.05, 3.63) is 36.2 Å². The van der Waals surface area contributed by atoms with Crippen LogP contribution in [0.1, 0.15) is 5.56 Å². The van der Waals surface area contributed by atoms with Gasteiger partial charge in [-0.15, -0.1) is 0 Å². The standard InChI is InChI=1S/C11H10F3N3S/c1-17-5-4-16-10(17)18-9-3-2-7(6-8(9)15)11(12,13)14/h2-6H,15H2,1H3. The molecule has 0 radical (unpaired) electrons. The lowest BCUT2D eigenvalue weighted by Crippen LogP contribution is -2.05. The van der Waals surface area contributed by atoms with Gasteiger partial charge in [-0.25, -0.2) is 4.98 Å². The molecule has 2 rings (SSSR count). The molecule has 1 aromatic heterocycles. The smallest absolute Gasteiger partial charge is 0.398 e. The summed E-state index contributed by atoms with van der Waals surface area (Å²) in [6, 6.07) is 3.31. The van der Waals surface area contributed by atoms with E-state index in [0.717, 1.165) is 12.1 Å². The summed E-state index contributed by atoms with van der Waals surface area (Å²) >= 11 is 1.23. The number of nitrogens with two attached hydrogens (primary N) is 1. The van der Waals surface area contributed by atoms with Gasteiger partial charge in [0.1, 0.15) is 0 Å². The van der Waals surface area contributed by atoms with Crippen LogP contribution in [0.15, 0.2) is 40.6 Å². The third-order valence-corrected chi connectivity index (χ3v) is 3.48. The Hall–Kier alpha value is -1.63. The van der Waals surface area contributed by atoms with Gasteiger partial charge in [0.2, 0.25) is 0 Å². The highest BCUT2D eigenvalue weighted by Gasteiger charge is 2.30. The molecule has 0 fully saturated rings. The van der Waals surface area contributed by atoms with Crippen LogP contribution < -0.4 is 5.73 Å². The molecule has 2 N–H and O–H groups in total. The maximum Gasteiger partial charge on any atom is 0.416 e. The first kappa shape index (κ1) is 12.8. The van der Waals surface area contributed by atoms with Crippen LogP contribution in [-0.4, -0.2) is 9.55 Å². The van der Waals surface area contributed by atoms with Crippen LogP contribution in [0, 0.1) is 0 Å². The fourth-order valence-electron chi connectivity index (χ4n) is 1.37. The monoisotopic (exact) mass is 273 g/mol. The number of aryl methyl sites for hydroxylation is 1. The van der Waals surface area contributed by atoms with Crippen molar-refractivity contribution in [2.75, 3.05) is 5.73 Å². The Balaban J connectivity index is 2.29. The van der Waals surface area contributed by atoms with Crippen LogP contribution in [0.3, 0.4) is 0 Å². The maximum absolute atomic E-state index is 12.5. The molecule has 1 heterocycles. The van der Waals surface area contributed by atoms with Gasteiger partial charge in [0.25, 0.3) is 0 Å². The molecule has 0 unspecified atom stereocenters. The predicted molar refractivity (Wildman–Crippen MR) is 63.2 cm³/mol. The van der Waals surface area contributed by atoms with Crippen molar-refractivity contribution in [2.45, 2.75) is 16.2 Å². The molecule has 0 bridgehead atoms. The topological polar surface area (TPSA) is 43.8 Å². The molecule has 0 saturated carbocycles. The lowest BCUT2D eigenvalue weighted by molar-refractivity contribution is -0.137. The second-order valence-corrected chi connectivity index (χ2v) is 4.68. The van der Waals surface area contributed by atoms with E-state index in [1.165, 1.54) is 17.8 Å². The van der Waals surface area contributed by atoms with Crippen molar-refractivity contribution >= 4 is 17.4 Å². The molecule has 7 heteroatoms. The first-order valence-corrected chi connectivity index (χ1v) is 5.81. The van der Waals surface area contributed by atoms with Gasteiger partial charge in [0, 0.05) is 30.0 Å². The molecule has 2 aromatic rings. The summed E-state index contributed by atoms with van der Waals surface area (Å²) in [5.74, 6) is 0. The maximum atomic E-state index is 12.5. The van der Waals surface area contributed by atoms with Crippen LogP contribution in [0.25, 0.3) is 0 Å².